The van der Waals surface area contributed by atoms with Gasteiger partial charge in [0.05, 0.1) is 27.2 Å². The van der Waals surface area contributed by atoms with E-state index >= 15 is 0 Å². The molecule has 8 heteroatoms. The highest BCUT2D eigenvalue weighted by Crippen LogP contribution is 2.31. The summed E-state index contributed by atoms with van der Waals surface area (Å²) in [5, 5.41) is 12.1. The highest BCUT2D eigenvalue weighted by atomic mass is 35.5. The van der Waals surface area contributed by atoms with E-state index in [9.17, 15) is 19.6 Å². The van der Waals surface area contributed by atoms with Crippen molar-refractivity contribution in [2.24, 2.45) is 5.92 Å². The zero-order valence-electron chi connectivity index (χ0n) is 13.3. The van der Waals surface area contributed by atoms with Crippen LogP contribution in [-0.4, -0.2) is 34.7 Å². The number of hydrogen-bond donors (Lipinski definition) is 1. The van der Waals surface area contributed by atoms with Crippen LogP contribution in [0.1, 0.15) is 41.5 Å². The molecule has 1 aliphatic heterocycles. The third-order valence-corrected chi connectivity index (χ3v) is 4.82. The van der Waals surface area contributed by atoms with Gasteiger partial charge in [0.25, 0.3) is 11.8 Å². The summed E-state index contributed by atoms with van der Waals surface area (Å²) in [5.41, 5.74) is -0.884. The van der Waals surface area contributed by atoms with Gasteiger partial charge in [0, 0.05) is 0 Å². The number of nitrogens with one attached hydrogen (secondary N) is 1. The number of carbonyl (C=O) groups excluding carboxylic acids is 3. The van der Waals surface area contributed by atoms with E-state index in [2.05, 4.69) is 5.32 Å². The maximum Gasteiger partial charge on any atom is 0.262 e. The first-order chi connectivity index (χ1) is 11.1. The first kappa shape index (κ1) is 18.2. The van der Waals surface area contributed by atoms with Gasteiger partial charge in [0.1, 0.15) is 12.1 Å². The Bertz CT molecular complexity index is 745. The number of benzene rings is 1. The van der Waals surface area contributed by atoms with E-state index < -0.39 is 29.8 Å². The molecule has 24 heavy (non-hydrogen) atoms. The predicted molar refractivity (Wildman–Crippen MR) is 88.8 cm³/mol. The molecule has 1 atom stereocenters. The minimum atomic E-state index is -1.09. The van der Waals surface area contributed by atoms with Crippen molar-refractivity contribution in [3.05, 3.63) is 33.3 Å². The van der Waals surface area contributed by atoms with E-state index in [0.717, 1.165) is 4.90 Å². The molecule has 126 valence electrons. The molecule has 1 aromatic rings. The van der Waals surface area contributed by atoms with Crippen molar-refractivity contribution in [3.8, 4) is 6.07 Å². The fourth-order valence-corrected chi connectivity index (χ4v) is 2.53. The van der Waals surface area contributed by atoms with Crippen LogP contribution in [0, 0.1) is 17.2 Å². The molecule has 0 radical (unpaired) electrons. The molecular formula is C16H15Cl2N3O3. The van der Waals surface area contributed by atoms with E-state index in [4.69, 9.17) is 23.2 Å². The van der Waals surface area contributed by atoms with Gasteiger partial charge in [-0.1, -0.05) is 37.0 Å². The van der Waals surface area contributed by atoms with Gasteiger partial charge >= 0.3 is 0 Å². The standard InChI is InChI=1S/C16H15Cl2N3O3/c1-8(2)16(3,7-19)20-13(22)6-21-14(23)9-4-11(17)12(18)5-10(9)15(21)24/h4-5,8H,6H2,1-3H3,(H,20,22)/t16-/m1/s1. The summed E-state index contributed by atoms with van der Waals surface area (Å²) in [7, 11) is 0. The van der Waals surface area contributed by atoms with Crippen molar-refractivity contribution in [1.29, 1.82) is 5.26 Å². The summed E-state index contributed by atoms with van der Waals surface area (Å²) in [4.78, 5) is 37.7. The van der Waals surface area contributed by atoms with Gasteiger partial charge in [-0.25, -0.2) is 0 Å². The summed E-state index contributed by atoms with van der Waals surface area (Å²) < 4.78 is 0. The average molecular weight is 368 g/mol. The normalized spacial score (nSPS) is 16.0. The minimum Gasteiger partial charge on any atom is -0.336 e. The first-order valence-corrected chi connectivity index (χ1v) is 7.93. The van der Waals surface area contributed by atoms with Crippen molar-refractivity contribution in [2.45, 2.75) is 26.3 Å². The van der Waals surface area contributed by atoms with Crippen molar-refractivity contribution in [3.63, 3.8) is 0 Å². The Balaban J connectivity index is 2.21. The van der Waals surface area contributed by atoms with Crippen LogP contribution in [0.5, 0.6) is 0 Å². The zero-order valence-corrected chi connectivity index (χ0v) is 14.8. The Kier molecular flexibility index (Phi) is 4.88. The molecule has 0 spiro atoms. The molecule has 0 aromatic heterocycles. The molecule has 0 saturated heterocycles. The van der Waals surface area contributed by atoms with E-state index in [1.165, 1.54) is 12.1 Å². The lowest BCUT2D eigenvalue weighted by atomic mass is 9.90. The monoisotopic (exact) mass is 367 g/mol. The Labute approximate surface area is 149 Å². The minimum absolute atomic E-state index is 0.106. The number of hydrogen-bond acceptors (Lipinski definition) is 4. The molecule has 0 unspecified atom stereocenters. The number of nitriles is 1. The second-order valence-corrected chi connectivity index (χ2v) is 6.84. The third-order valence-electron chi connectivity index (χ3n) is 4.10. The van der Waals surface area contributed by atoms with E-state index in [-0.39, 0.29) is 27.1 Å². The fourth-order valence-electron chi connectivity index (χ4n) is 2.20. The second kappa shape index (κ2) is 6.42. The van der Waals surface area contributed by atoms with E-state index in [1.54, 1.807) is 20.8 Å². The van der Waals surface area contributed by atoms with E-state index in [1.807, 2.05) is 6.07 Å². The molecule has 3 amide bonds. The highest BCUT2D eigenvalue weighted by molar-refractivity contribution is 6.43. The van der Waals surface area contributed by atoms with Crippen molar-refractivity contribution in [1.82, 2.24) is 10.2 Å². The molecule has 2 rings (SSSR count). The van der Waals surface area contributed by atoms with E-state index in [0.29, 0.717) is 0 Å². The Morgan fingerprint density at radius 2 is 1.71 bits per heavy atom. The molecule has 0 fully saturated rings. The van der Waals surface area contributed by atoms with Crippen molar-refractivity contribution >= 4 is 40.9 Å². The summed E-state index contributed by atoms with van der Waals surface area (Å²) in [6.07, 6.45) is 0. The molecule has 0 bridgehead atoms. The molecule has 1 aliphatic rings. The largest absolute Gasteiger partial charge is 0.336 e. The van der Waals surface area contributed by atoms with Crippen LogP contribution >= 0.6 is 23.2 Å². The number of carbonyl (C=O) groups is 3. The van der Waals surface area contributed by atoms with Crippen molar-refractivity contribution < 1.29 is 14.4 Å². The maximum atomic E-state index is 12.3. The van der Waals surface area contributed by atoms with Crippen LogP contribution in [0.3, 0.4) is 0 Å². The number of imide groups is 1. The molecular weight excluding hydrogens is 353 g/mol. The van der Waals surface area contributed by atoms with Gasteiger partial charge in [-0.2, -0.15) is 5.26 Å². The Morgan fingerprint density at radius 3 is 2.08 bits per heavy atom. The van der Waals surface area contributed by atoms with Gasteiger partial charge in [-0.3, -0.25) is 19.3 Å². The molecule has 0 saturated carbocycles. The summed E-state index contributed by atoms with van der Waals surface area (Å²) in [6.45, 7) is 4.67. The predicted octanol–water partition coefficient (Wildman–Crippen LogP) is 2.64. The summed E-state index contributed by atoms with van der Waals surface area (Å²) in [5.74, 6) is -1.98. The Morgan fingerprint density at radius 1 is 1.25 bits per heavy atom. The maximum absolute atomic E-state index is 12.3. The number of nitrogens with zero attached hydrogens (tertiary/aromatic N) is 2. The quantitative estimate of drug-likeness (QED) is 0.828. The summed E-state index contributed by atoms with van der Waals surface area (Å²) >= 11 is 11.7. The molecule has 6 nitrogen and oxygen atoms in total. The van der Waals surface area contributed by atoms with Crippen LogP contribution in [0.15, 0.2) is 12.1 Å². The lowest BCUT2D eigenvalue weighted by molar-refractivity contribution is -0.123. The fraction of sp³-hybridized carbons (Fsp3) is 0.375. The average Bonchev–Trinajstić information content (AvgIpc) is 2.72. The molecule has 0 aliphatic carbocycles. The lowest BCUT2D eigenvalue weighted by Crippen LogP contribution is -2.52. The zero-order chi connectivity index (χ0) is 18.2. The van der Waals surface area contributed by atoms with Crippen LogP contribution in [0.25, 0.3) is 0 Å². The van der Waals surface area contributed by atoms with Gasteiger partial charge in [-0.05, 0) is 25.0 Å². The van der Waals surface area contributed by atoms with Gasteiger partial charge in [0.15, 0.2) is 0 Å². The van der Waals surface area contributed by atoms with Crippen molar-refractivity contribution in [2.75, 3.05) is 6.54 Å². The van der Waals surface area contributed by atoms with Crippen LogP contribution in [0.4, 0.5) is 0 Å². The summed E-state index contributed by atoms with van der Waals surface area (Å²) in [6, 6.07) is 4.65. The molecule has 1 heterocycles. The third kappa shape index (κ3) is 3.10. The SMILES string of the molecule is CC(C)[C@@](C)(C#N)NC(=O)CN1C(=O)c2cc(Cl)c(Cl)cc2C1=O. The van der Waals surface area contributed by atoms with Gasteiger partial charge in [-0.15, -0.1) is 0 Å². The van der Waals surface area contributed by atoms with Crippen LogP contribution < -0.4 is 5.32 Å². The van der Waals surface area contributed by atoms with Crippen LogP contribution in [0.2, 0.25) is 10.0 Å². The number of rotatable bonds is 4. The second-order valence-electron chi connectivity index (χ2n) is 6.03. The Hall–Kier alpha value is -2.10. The van der Waals surface area contributed by atoms with Gasteiger partial charge < -0.3 is 5.32 Å². The first-order valence-electron chi connectivity index (χ1n) is 7.18. The number of fused-ring (bicyclic) bond motifs is 1. The number of amides is 3. The van der Waals surface area contributed by atoms with Crippen LogP contribution in [-0.2, 0) is 4.79 Å². The highest BCUT2D eigenvalue weighted by Gasteiger charge is 2.39. The number of halogens is 2. The lowest BCUT2D eigenvalue weighted by Gasteiger charge is -2.28. The molecule has 1 N–H and O–H groups in total. The van der Waals surface area contributed by atoms with Gasteiger partial charge in [0.2, 0.25) is 5.91 Å². The smallest absolute Gasteiger partial charge is 0.262 e. The molecule has 1 aromatic carbocycles. The topological polar surface area (TPSA) is 90.3 Å².